The summed E-state index contributed by atoms with van der Waals surface area (Å²) in [5.41, 5.74) is 2.38. The number of thioether (sulfide) groups is 1. The molecule has 0 bridgehead atoms. The maximum Gasteiger partial charge on any atom is 0.222 e. The van der Waals surface area contributed by atoms with E-state index in [-0.39, 0.29) is 18.3 Å². The summed E-state index contributed by atoms with van der Waals surface area (Å²) >= 11 is 1.94. The molecule has 1 amide bonds. The van der Waals surface area contributed by atoms with Gasteiger partial charge in [-0.1, -0.05) is 43.3 Å². The summed E-state index contributed by atoms with van der Waals surface area (Å²) in [6, 6.07) is 17.2. The molecule has 0 atom stereocenters. The van der Waals surface area contributed by atoms with Crippen LogP contribution in [0.1, 0.15) is 26.2 Å². The van der Waals surface area contributed by atoms with Gasteiger partial charge in [-0.2, -0.15) is 0 Å². The van der Waals surface area contributed by atoms with Gasteiger partial charge in [0.15, 0.2) is 0 Å². The van der Waals surface area contributed by atoms with Crippen molar-refractivity contribution >= 4 is 40.8 Å². The van der Waals surface area contributed by atoms with E-state index in [0.29, 0.717) is 11.7 Å². The Kier molecular flexibility index (Phi) is 6.97. The van der Waals surface area contributed by atoms with E-state index in [1.165, 1.54) is 26.8 Å². The summed E-state index contributed by atoms with van der Waals surface area (Å²) in [5, 5.41) is 3.00. The van der Waals surface area contributed by atoms with Crippen molar-refractivity contribution in [2.24, 2.45) is 0 Å². The van der Waals surface area contributed by atoms with Crippen molar-refractivity contribution in [1.29, 1.82) is 0 Å². The number of rotatable bonds is 4. The lowest BCUT2D eigenvalue weighted by molar-refractivity contribution is -0.131. The third kappa shape index (κ3) is 4.50. The fourth-order valence-corrected chi connectivity index (χ4v) is 4.82. The van der Waals surface area contributed by atoms with Crippen LogP contribution in [0.3, 0.4) is 0 Å². The maximum absolute atomic E-state index is 11.8. The van der Waals surface area contributed by atoms with Gasteiger partial charge in [-0.05, 0) is 35.9 Å². The third-order valence-electron chi connectivity index (χ3n) is 5.23. The van der Waals surface area contributed by atoms with Crippen molar-refractivity contribution in [2.45, 2.75) is 36.3 Å². The molecule has 0 spiro atoms. The molecule has 1 aliphatic rings. The highest BCUT2D eigenvalue weighted by molar-refractivity contribution is 8.00. The molecule has 1 aromatic heterocycles. The Morgan fingerprint density at radius 3 is 2.50 bits per heavy atom. The smallest absolute Gasteiger partial charge is 0.222 e. The minimum atomic E-state index is 0. The maximum atomic E-state index is 11.8. The van der Waals surface area contributed by atoms with E-state index in [9.17, 15) is 4.79 Å². The van der Waals surface area contributed by atoms with Crippen LogP contribution in [0.15, 0.2) is 65.8 Å². The van der Waals surface area contributed by atoms with Gasteiger partial charge in [0, 0.05) is 53.0 Å². The molecule has 3 nitrogen and oxygen atoms in total. The number of amides is 1. The van der Waals surface area contributed by atoms with Gasteiger partial charge >= 0.3 is 0 Å². The minimum Gasteiger partial charge on any atom is -0.343 e. The number of likely N-dealkylation sites (tertiary alicyclic amines) is 1. The second-order valence-corrected chi connectivity index (χ2v) is 8.36. The summed E-state index contributed by atoms with van der Waals surface area (Å²) < 4.78 is 0. The normalized spacial score (nSPS) is 14.7. The molecule has 2 aromatic carbocycles. The zero-order chi connectivity index (χ0) is 18.6. The van der Waals surface area contributed by atoms with Gasteiger partial charge in [0.25, 0.3) is 0 Å². The van der Waals surface area contributed by atoms with Crippen molar-refractivity contribution in [3.05, 3.63) is 60.9 Å². The van der Waals surface area contributed by atoms with Crippen molar-refractivity contribution < 1.29 is 4.79 Å². The number of nitrogens with zero attached hydrogens (tertiary/aromatic N) is 2. The van der Waals surface area contributed by atoms with Crippen LogP contribution in [-0.2, 0) is 4.79 Å². The van der Waals surface area contributed by atoms with Crippen LogP contribution in [0.2, 0.25) is 0 Å². The first kappa shape index (κ1) is 20.7. The van der Waals surface area contributed by atoms with Gasteiger partial charge in [0.2, 0.25) is 5.91 Å². The number of piperidine rings is 1. The number of benzene rings is 2. The van der Waals surface area contributed by atoms with Crippen LogP contribution in [-0.4, -0.2) is 34.1 Å². The lowest BCUT2D eigenvalue weighted by Crippen LogP contribution is -2.38. The quantitative estimate of drug-likeness (QED) is 0.541. The third-order valence-corrected chi connectivity index (χ3v) is 6.58. The van der Waals surface area contributed by atoms with Crippen LogP contribution >= 0.6 is 24.2 Å². The summed E-state index contributed by atoms with van der Waals surface area (Å²) in [6.45, 7) is 3.73. The van der Waals surface area contributed by atoms with E-state index in [4.69, 9.17) is 0 Å². The molecule has 0 aliphatic carbocycles. The molecule has 0 saturated carbocycles. The Bertz CT molecular complexity index is 931. The molecule has 1 aliphatic heterocycles. The van der Waals surface area contributed by atoms with Crippen molar-refractivity contribution in [3.8, 4) is 11.1 Å². The molecule has 2 heterocycles. The van der Waals surface area contributed by atoms with Gasteiger partial charge in [0.1, 0.15) is 0 Å². The van der Waals surface area contributed by atoms with Gasteiger partial charge in [-0.15, -0.1) is 24.2 Å². The molecular formula is C23H25ClN2OS. The van der Waals surface area contributed by atoms with Gasteiger partial charge < -0.3 is 4.90 Å². The lowest BCUT2D eigenvalue weighted by atomic mass is 10.0. The Labute approximate surface area is 177 Å². The average Bonchev–Trinajstić information content (AvgIpc) is 2.74. The molecular weight excluding hydrogens is 388 g/mol. The number of pyridine rings is 1. The number of fused-ring (bicyclic) bond motifs is 1. The predicted molar refractivity (Wildman–Crippen MR) is 120 cm³/mol. The van der Waals surface area contributed by atoms with Crippen LogP contribution in [0.4, 0.5) is 0 Å². The summed E-state index contributed by atoms with van der Waals surface area (Å²) in [6.07, 6.45) is 6.63. The summed E-state index contributed by atoms with van der Waals surface area (Å²) in [5.74, 6) is 0.284. The van der Waals surface area contributed by atoms with Gasteiger partial charge in [0.05, 0.1) is 0 Å². The summed E-state index contributed by atoms with van der Waals surface area (Å²) in [4.78, 5) is 19.5. The lowest BCUT2D eigenvalue weighted by Gasteiger charge is -2.31. The van der Waals surface area contributed by atoms with Gasteiger partial charge in [-0.3, -0.25) is 9.78 Å². The zero-order valence-electron chi connectivity index (χ0n) is 16.0. The molecule has 4 rings (SSSR count). The van der Waals surface area contributed by atoms with Crippen LogP contribution in [0.25, 0.3) is 21.9 Å². The van der Waals surface area contributed by atoms with Crippen molar-refractivity contribution in [3.63, 3.8) is 0 Å². The second-order valence-electron chi connectivity index (χ2n) is 6.98. The van der Waals surface area contributed by atoms with E-state index in [1.807, 2.05) is 42.0 Å². The number of carbonyl (C=O) groups excluding carboxylic acids is 1. The molecule has 0 radical (unpaired) electrons. The monoisotopic (exact) mass is 412 g/mol. The molecule has 0 unspecified atom stereocenters. The summed E-state index contributed by atoms with van der Waals surface area (Å²) in [7, 11) is 0. The highest BCUT2D eigenvalue weighted by atomic mass is 35.5. The fraction of sp³-hybridized carbons (Fsp3) is 0.304. The van der Waals surface area contributed by atoms with E-state index in [2.05, 4.69) is 47.4 Å². The number of carbonyl (C=O) groups is 1. The Morgan fingerprint density at radius 1 is 1.07 bits per heavy atom. The molecule has 1 fully saturated rings. The molecule has 28 heavy (non-hydrogen) atoms. The molecule has 3 aromatic rings. The second kappa shape index (κ2) is 9.44. The van der Waals surface area contributed by atoms with E-state index in [0.717, 1.165) is 25.9 Å². The molecule has 5 heteroatoms. The first-order valence-corrected chi connectivity index (χ1v) is 10.5. The number of hydrogen-bond donors (Lipinski definition) is 0. The zero-order valence-corrected chi connectivity index (χ0v) is 17.6. The van der Waals surface area contributed by atoms with E-state index < -0.39 is 0 Å². The average molecular weight is 413 g/mol. The number of hydrogen-bond acceptors (Lipinski definition) is 3. The number of halogens is 1. The Morgan fingerprint density at radius 2 is 1.79 bits per heavy atom. The Hall–Kier alpha value is -2.04. The minimum absolute atomic E-state index is 0. The fourth-order valence-electron chi connectivity index (χ4n) is 3.70. The topological polar surface area (TPSA) is 33.2 Å². The van der Waals surface area contributed by atoms with E-state index >= 15 is 0 Å². The highest BCUT2D eigenvalue weighted by Crippen LogP contribution is 2.33. The first-order valence-electron chi connectivity index (χ1n) is 9.62. The SMILES string of the molecule is CCC(=O)N1CCC(Sc2ccc(-c3cncc4ccccc34)cc2)CC1.Cl. The standard InChI is InChI=1S/C23H24N2OS.ClH/c1-2-23(26)25-13-11-20(12-14-25)27-19-9-7-17(8-10-19)22-16-24-15-18-5-3-4-6-21(18)22;/h3-10,15-16,20H,2,11-14H2,1H3;1H. The first-order chi connectivity index (χ1) is 13.2. The molecule has 146 valence electrons. The van der Waals surface area contributed by atoms with E-state index in [1.54, 1.807) is 0 Å². The van der Waals surface area contributed by atoms with Crippen LogP contribution in [0.5, 0.6) is 0 Å². The van der Waals surface area contributed by atoms with Gasteiger partial charge in [-0.25, -0.2) is 0 Å². The highest BCUT2D eigenvalue weighted by Gasteiger charge is 2.22. The molecule has 1 saturated heterocycles. The van der Waals surface area contributed by atoms with Crippen LogP contribution < -0.4 is 0 Å². The largest absolute Gasteiger partial charge is 0.343 e. The van der Waals surface area contributed by atoms with Crippen LogP contribution in [0, 0.1) is 0 Å². The van der Waals surface area contributed by atoms with Crippen molar-refractivity contribution in [1.82, 2.24) is 9.88 Å². The number of aromatic nitrogens is 1. The molecule has 0 N–H and O–H groups in total. The van der Waals surface area contributed by atoms with Crippen molar-refractivity contribution in [2.75, 3.05) is 13.1 Å². The predicted octanol–water partition coefficient (Wildman–Crippen LogP) is 5.82. The Balaban J connectivity index is 0.00000225.